The quantitative estimate of drug-likeness (QED) is 0.192. The van der Waals surface area contributed by atoms with Gasteiger partial charge in [-0.1, -0.05) is 39.3 Å². The predicted molar refractivity (Wildman–Crippen MR) is 162 cm³/mol. The molecular formula is C27H57ClN7S+3. The number of aromatic nitrogens is 2. The van der Waals surface area contributed by atoms with Crippen LogP contribution in [0, 0.1) is 0 Å². The standard InChI is InChI=1S/C18H35ClN4S.C5H9N3.2C2H6/c1-22(2,3)13-7-11-21(12-8-14-23(4,5)6)24-18-15-16(20)9-10-17(18)19;1-7-3-4-8(2)5(7)6;2*1-2/h9-10,15H,7-8,11-14,20H2,1-6H3;3-4,6H,1-2H3;2*1-2H3/q+2;;;/p+1. The monoisotopic (exact) mass is 546 g/mol. The normalized spacial score (nSPS) is 11.1. The van der Waals surface area contributed by atoms with E-state index in [0.717, 1.165) is 56.7 Å². The van der Waals surface area contributed by atoms with Gasteiger partial charge in [0.1, 0.15) is 0 Å². The molecule has 1 aromatic heterocycles. The summed E-state index contributed by atoms with van der Waals surface area (Å²) >= 11 is 8.08. The third-order valence-corrected chi connectivity index (χ3v) is 6.49. The fraction of sp³-hybridized carbons (Fsp3) is 0.667. The molecule has 2 rings (SSSR count). The Morgan fingerprint density at radius 2 is 1.39 bits per heavy atom. The Kier molecular flexibility index (Phi) is 19.1. The maximum atomic E-state index is 6.34. The summed E-state index contributed by atoms with van der Waals surface area (Å²) in [5.41, 5.74) is 12.2. The van der Waals surface area contributed by atoms with Gasteiger partial charge < -0.3 is 14.7 Å². The molecule has 0 aliphatic carbocycles. The zero-order chi connectivity index (χ0) is 28.5. The number of aryl methyl sites for hydroxylation is 2. The molecule has 7 nitrogen and oxygen atoms in total. The van der Waals surface area contributed by atoms with Gasteiger partial charge in [0.05, 0.1) is 86.9 Å². The number of nitrogen functional groups attached to an aromatic ring is 2. The predicted octanol–water partition coefficient (Wildman–Crippen LogP) is 4.91. The van der Waals surface area contributed by atoms with Gasteiger partial charge in [-0.3, -0.25) is 5.73 Å². The van der Waals surface area contributed by atoms with Gasteiger partial charge in [0.15, 0.2) is 0 Å². The maximum Gasteiger partial charge on any atom is 0.354 e. The molecule has 1 aromatic carbocycles. The number of imidazole rings is 1. The van der Waals surface area contributed by atoms with E-state index in [1.807, 2.05) is 81.5 Å². The fourth-order valence-electron chi connectivity index (χ4n) is 2.98. The van der Waals surface area contributed by atoms with Crippen LogP contribution in [0.5, 0.6) is 0 Å². The highest BCUT2D eigenvalue weighted by Crippen LogP contribution is 2.31. The summed E-state index contributed by atoms with van der Waals surface area (Å²) in [6, 6.07) is 5.71. The summed E-state index contributed by atoms with van der Waals surface area (Å²) in [7, 11) is 17.3. The van der Waals surface area contributed by atoms with E-state index in [0.29, 0.717) is 0 Å². The first-order valence-corrected chi connectivity index (χ1v) is 14.2. The van der Waals surface area contributed by atoms with Crippen LogP contribution in [0.3, 0.4) is 0 Å². The lowest BCUT2D eigenvalue weighted by Gasteiger charge is -2.28. The van der Waals surface area contributed by atoms with Gasteiger partial charge in [0.25, 0.3) is 0 Å². The zero-order valence-electron chi connectivity index (χ0n) is 25.3. The van der Waals surface area contributed by atoms with Crippen LogP contribution in [0.2, 0.25) is 5.02 Å². The zero-order valence-corrected chi connectivity index (χ0v) is 26.9. The molecule has 0 atom stereocenters. The average molecular weight is 547 g/mol. The van der Waals surface area contributed by atoms with E-state index in [9.17, 15) is 0 Å². The van der Waals surface area contributed by atoms with Crippen LogP contribution in [0.25, 0.3) is 0 Å². The van der Waals surface area contributed by atoms with Crippen molar-refractivity contribution in [3.05, 3.63) is 35.6 Å². The number of nitrogens with zero attached hydrogens (tertiary/aromatic N) is 5. The molecule has 1 heterocycles. The van der Waals surface area contributed by atoms with Crippen molar-refractivity contribution in [2.24, 2.45) is 14.1 Å². The lowest BCUT2D eigenvalue weighted by Crippen LogP contribution is -2.38. The SMILES string of the molecule is CC.CC.C[N+](C)(C)CCCN(CCC[N+](C)(C)C)Sc1cc(N)ccc1Cl.Cn1cc[n+](C)c1N. The Labute approximate surface area is 232 Å². The maximum absolute atomic E-state index is 6.34. The Morgan fingerprint density at radius 1 is 0.917 bits per heavy atom. The number of halogens is 1. The third-order valence-electron chi connectivity index (χ3n) is 4.89. The first kappa shape index (κ1) is 36.7. The number of hydrogen-bond acceptors (Lipinski definition) is 4. The van der Waals surface area contributed by atoms with Crippen molar-refractivity contribution in [1.29, 1.82) is 0 Å². The van der Waals surface area contributed by atoms with Crippen molar-refractivity contribution < 1.29 is 13.5 Å². The Hall–Kier alpha value is -1.45. The number of quaternary nitrogens is 2. The van der Waals surface area contributed by atoms with E-state index < -0.39 is 0 Å². The molecule has 210 valence electrons. The van der Waals surface area contributed by atoms with E-state index in [2.05, 4.69) is 46.6 Å². The molecule has 4 N–H and O–H groups in total. The van der Waals surface area contributed by atoms with Gasteiger partial charge >= 0.3 is 5.95 Å². The van der Waals surface area contributed by atoms with E-state index in [4.69, 9.17) is 23.1 Å². The van der Waals surface area contributed by atoms with E-state index in [-0.39, 0.29) is 0 Å². The first-order chi connectivity index (χ1) is 16.7. The molecule has 0 spiro atoms. The average Bonchev–Trinajstić information content (AvgIpc) is 3.08. The Balaban J connectivity index is 0. The number of rotatable bonds is 10. The largest absolute Gasteiger partial charge is 0.399 e. The highest BCUT2D eigenvalue weighted by Gasteiger charge is 2.15. The smallest absolute Gasteiger partial charge is 0.354 e. The van der Waals surface area contributed by atoms with Crippen molar-refractivity contribution in [2.75, 3.05) is 79.9 Å². The third kappa shape index (κ3) is 17.9. The fourth-order valence-corrected chi connectivity index (χ4v) is 4.26. The van der Waals surface area contributed by atoms with Gasteiger partial charge in [0.2, 0.25) is 0 Å². The Bertz CT molecular complexity index is 787. The second kappa shape index (κ2) is 18.7. The molecule has 2 aromatic rings. The second-order valence-electron chi connectivity index (χ2n) is 10.3. The summed E-state index contributed by atoms with van der Waals surface area (Å²) in [6.45, 7) is 12.4. The molecule has 0 amide bonds. The van der Waals surface area contributed by atoms with Crippen LogP contribution >= 0.6 is 23.5 Å². The lowest BCUT2D eigenvalue weighted by molar-refractivity contribution is -0.870. The van der Waals surface area contributed by atoms with E-state index in [1.165, 1.54) is 12.8 Å². The summed E-state index contributed by atoms with van der Waals surface area (Å²) in [5, 5.41) is 0.775. The molecule has 0 saturated carbocycles. The van der Waals surface area contributed by atoms with Crippen LogP contribution in [0.4, 0.5) is 11.6 Å². The molecule has 0 fully saturated rings. The minimum absolute atomic E-state index is 0.763. The summed E-state index contributed by atoms with van der Waals surface area (Å²) in [4.78, 5) is 1.05. The number of anilines is 2. The minimum Gasteiger partial charge on any atom is -0.399 e. The van der Waals surface area contributed by atoms with E-state index >= 15 is 0 Å². The number of hydrogen-bond donors (Lipinski definition) is 2. The van der Waals surface area contributed by atoms with Crippen molar-refractivity contribution in [1.82, 2.24) is 8.87 Å². The van der Waals surface area contributed by atoms with E-state index in [1.54, 1.807) is 11.9 Å². The van der Waals surface area contributed by atoms with Crippen LogP contribution in [0.1, 0.15) is 40.5 Å². The molecule has 0 aliphatic heterocycles. The van der Waals surface area contributed by atoms with Crippen molar-refractivity contribution >= 4 is 35.2 Å². The Morgan fingerprint density at radius 3 is 1.72 bits per heavy atom. The second-order valence-corrected chi connectivity index (χ2v) is 11.9. The first-order valence-electron chi connectivity index (χ1n) is 13.0. The van der Waals surface area contributed by atoms with Gasteiger partial charge in [-0.15, -0.1) is 0 Å². The lowest BCUT2D eigenvalue weighted by atomic mass is 10.3. The van der Waals surface area contributed by atoms with Crippen LogP contribution < -0.4 is 16.0 Å². The van der Waals surface area contributed by atoms with Gasteiger partial charge in [-0.25, -0.2) is 13.4 Å². The minimum atomic E-state index is 0.763. The van der Waals surface area contributed by atoms with Gasteiger partial charge in [-0.05, 0) is 30.1 Å². The molecule has 0 unspecified atom stereocenters. The van der Waals surface area contributed by atoms with Gasteiger partial charge in [0, 0.05) is 36.5 Å². The highest BCUT2D eigenvalue weighted by atomic mass is 35.5. The van der Waals surface area contributed by atoms with Crippen LogP contribution in [-0.2, 0) is 14.1 Å². The highest BCUT2D eigenvalue weighted by molar-refractivity contribution is 7.97. The molecule has 0 bridgehead atoms. The number of benzene rings is 1. The number of nitrogens with two attached hydrogens (primary N) is 2. The molecular weight excluding hydrogens is 490 g/mol. The molecule has 36 heavy (non-hydrogen) atoms. The summed E-state index contributed by atoms with van der Waals surface area (Å²) in [5.74, 6) is 0.769. The van der Waals surface area contributed by atoms with Gasteiger partial charge in [-0.2, -0.15) is 0 Å². The summed E-state index contributed by atoms with van der Waals surface area (Å²) < 4.78 is 8.15. The topological polar surface area (TPSA) is 64.1 Å². The molecule has 0 radical (unpaired) electrons. The van der Waals surface area contributed by atoms with Crippen molar-refractivity contribution in [2.45, 2.75) is 45.4 Å². The van der Waals surface area contributed by atoms with Crippen molar-refractivity contribution in [3.63, 3.8) is 0 Å². The van der Waals surface area contributed by atoms with Crippen LogP contribution in [0.15, 0.2) is 35.5 Å². The van der Waals surface area contributed by atoms with Crippen molar-refractivity contribution in [3.8, 4) is 0 Å². The van der Waals surface area contributed by atoms with Crippen LogP contribution in [-0.4, -0.2) is 86.3 Å². The molecule has 0 saturated heterocycles. The molecule has 0 aliphatic rings. The molecule has 9 heteroatoms. The summed E-state index contributed by atoms with van der Waals surface area (Å²) in [6.07, 6.45) is 6.16.